The molecule has 0 aliphatic rings. The third-order valence-electron chi connectivity index (χ3n) is 3.49. The van der Waals surface area contributed by atoms with Crippen molar-refractivity contribution in [3.8, 4) is 17.2 Å². The largest absolute Gasteiger partial charge is 0.496 e. The van der Waals surface area contributed by atoms with Crippen LogP contribution in [0.5, 0.6) is 17.2 Å². The highest BCUT2D eigenvalue weighted by Crippen LogP contribution is 2.34. The molecule has 6 heteroatoms. The molecule has 0 aliphatic carbocycles. The van der Waals surface area contributed by atoms with Gasteiger partial charge in [0, 0.05) is 23.9 Å². The maximum atomic E-state index is 12.0. The van der Waals surface area contributed by atoms with Crippen molar-refractivity contribution in [1.29, 1.82) is 0 Å². The van der Waals surface area contributed by atoms with E-state index in [-0.39, 0.29) is 12.5 Å². The monoisotopic (exact) mass is 330 g/mol. The Bertz CT molecular complexity index is 674. The fourth-order valence-corrected chi connectivity index (χ4v) is 2.23. The number of para-hydroxylation sites is 1. The van der Waals surface area contributed by atoms with Gasteiger partial charge in [-0.25, -0.2) is 0 Å². The molecule has 2 rings (SSSR count). The zero-order valence-corrected chi connectivity index (χ0v) is 14.1. The van der Waals surface area contributed by atoms with E-state index < -0.39 is 0 Å². The van der Waals surface area contributed by atoms with E-state index >= 15 is 0 Å². The standard InChI is InChI=1S/C18H22N2O4/c1-22-15-10-17(24-3)16(23-2)9-13(15)11-20-18(21)12-19-14-7-5-4-6-8-14/h4-10,19H,11-12H2,1-3H3,(H,20,21). The summed E-state index contributed by atoms with van der Waals surface area (Å²) < 4.78 is 15.9. The average molecular weight is 330 g/mol. The van der Waals surface area contributed by atoms with Gasteiger partial charge in [-0.05, 0) is 18.2 Å². The molecule has 0 spiro atoms. The lowest BCUT2D eigenvalue weighted by Crippen LogP contribution is -2.29. The molecule has 0 bridgehead atoms. The zero-order valence-electron chi connectivity index (χ0n) is 14.1. The second-order valence-electron chi connectivity index (χ2n) is 5.02. The molecule has 2 aromatic carbocycles. The number of amides is 1. The molecular formula is C18H22N2O4. The summed E-state index contributed by atoms with van der Waals surface area (Å²) in [6.07, 6.45) is 0. The molecule has 24 heavy (non-hydrogen) atoms. The Morgan fingerprint density at radius 1 is 0.917 bits per heavy atom. The lowest BCUT2D eigenvalue weighted by atomic mass is 10.1. The minimum Gasteiger partial charge on any atom is -0.496 e. The topological polar surface area (TPSA) is 68.8 Å². The number of benzene rings is 2. The Kier molecular flexibility index (Phi) is 6.31. The van der Waals surface area contributed by atoms with Crippen molar-refractivity contribution in [2.24, 2.45) is 0 Å². The van der Waals surface area contributed by atoms with Crippen LogP contribution in [-0.2, 0) is 11.3 Å². The van der Waals surface area contributed by atoms with Gasteiger partial charge in [-0.15, -0.1) is 0 Å². The lowest BCUT2D eigenvalue weighted by Gasteiger charge is -2.15. The predicted octanol–water partition coefficient (Wildman–Crippen LogP) is 2.44. The normalized spacial score (nSPS) is 9.96. The van der Waals surface area contributed by atoms with Crippen molar-refractivity contribution >= 4 is 11.6 Å². The van der Waals surface area contributed by atoms with Crippen LogP contribution in [0.1, 0.15) is 5.56 Å². The molecule has 0 saturated carbocycles. The molecule has 2 aromatic rings. The van der Waals surface area contributed by atoms with Crippen molar-refractivity contribution in [1.82, 2.24) is 5.32 Å². The van der Waals surface area contributed by atoms with E-state index in [9.17, 15) is 4.79 Å². The van der Waals surface area contributed by atoms with Gasteiger partial charge in [0.05, 0.1) is 27.9 Å². The molecule has 0 aromatic heterocycles. The number of anilines is 1. The van der Waals surface area contributed by atoms with Gasteiger partial charge in [0.25, 0.3) is 0 Å². The van der Waals surface area contributed by atoms with Gasteiger partial charge in [-0.2, -0.15) is 0 Å². The van der Waals surface area contributed by atoms with Crippen molar-refractivity contribution in [2.45, 2.75) is 6.54 Å². The van der Waals surface area contributed by atoms with E-state index in [2.05, 4.69) is 10.6 Å². The third kappa shape index (κ3) is 4.55. The van der Waals surface area contributed by atoms with Gasteiger partial charge < -0.3 is 24.8 Å². The fraction of sp³-hybridized carbons (Fsp3) is 0.278. The summed E-state index contributed by atoms with van der Waals surface area (Å²) in [5.41, 5.74) is 1.71. The first-order chi connectivity index (χ1) is 11.7. The first-order valence-electron chi connectivity index (χ1n) is 7.52. The Morgan fingerprint density at radius 3 is 2.17 bits per heavy atom. The molecule has 0 atom stereocenters. The van der Waals surface area contributed by atoms with Crippen LogP contribution in [0.2, 0.25) is 0 Å². The highest BCUT2D eigenvalue weighted by atomic mass is 16.5. The molecule has 0 fully saturated rings. The number of ether oxygens (including phenoxy) is 3. The summed E-state index contributed by atoms with van der Waals surface area (Å²) in [5.74, 6) is 1.68. The number of carbonyl (C=O) groups excluding carboxylic acids is 1. The van der Waals surface area contributed by atoms with Gasteiger partial charge in [-0.1, -0.05) is 18.2 Å². The smallest absolute Gasteiger partial charge is 0.239 e. The molecule has 1 amide bonds. The maximum Gasteiger partial charge on any atom is 0.239 e. The third-order valence-corrected chi connectivity index (χ3v) is 3.49. The van der Waals surface area contributed by atoms with Crippen LogP contribution >= 0.6 is 0 Å². The second-order valence-corrected chi connectivity index (χ2v) is 5.02. The number of methoxy groups -OCH3 is 3. The van der Waals surface area contributed by atoms with Gasteiger partial charge in [0.2, 0.25) is 5.91 Å². The van der Waals surface area contributed by atoms with E-state index in [0.29, 0.717) is 23.8 Å². The van der Waals surface area contributed by atoms with E-state index in [0.717, 1.165) is 11.3 Å². The Hall–Kier alpha value is -2.89. The highest BCUT2D eigenvalue weighted by Gasteiger charge is 2.12. The van der Waals surface area contributed by atoms with E-state index in [1.165, 1.54) is 0 Å². The quantitative estimate of drug-likeness (QED) is 0.778. The van der Waals surface area contributed by atoms with Crippen LogP contribution in [-0.4, -0.2) is 33.8 Å². The van der Waals surface area contributed by atoms with Crippen molar-refractivity contribution < 1.29 is 19.0 Å². The minimum atomic E-state index is -0.115. The second kappa shape index (κ2) is 8.67. The minimum absolute atomic E-state index is 0.115. The molecular weight excluding hydrogens is 308 g/mol. The Labute approximate surface area is 141 Å². The average Bonchev–Trinajstić information content (AvgIpc) is 2.64. The predicted molar refractivity (Wildman–Crippen MR) is 92.9 cm³/mol. The van der Waals surface area contributed by atoms with Crippen LogP contribution in [0.15, 0.2) is 42.5 Å². The number of carbonyl (C=O) groups is 1. The highest BCUT2D eigenvalue weighted by molar-refractivity contribution is 5.80. The fourth-order valence-electron chi connectivity index (χ4n) is 2.23. The summed E-state index contributed by atoms with van der Waals surface area (Å²) in [6.45, 7) is 0.526. The van der Waals surface area contributed by atoms with Gasteiger partial charge >= 0.3 is 0 Å². The van der Waals surface area contributed by atoms with Gasteiger partial charge in [0.15, 0.2) is 11.5 Å². The summed E-state index contributed by atoms with van der Waals surface area (Å²) in [4.78, 5) is 12.0. The molecule has 0 heterocycles. The lowest BCUT2D eigenvalue weighted by molar-refractivity contribution is -0.119. The van der Waals surface area contributed by atoms with Gasteiger partial charge in [-0.3, -0.25) is 4.79 Å². The van der Waals surface area contributed by atoms with Crippen LogP contribution in [0.3, 0.4) is 0 Å². The summed E-state index contributed by atoms with van der Waals surface area (Å²) >= 11 is 0. The van der Waals surface area contributed by atoms with Crippen LogP contribution in [0.4, 0.5) is 5.69 Å². The molecule has 2 N–H and O–H groups in total. The van der Waals surface area contributed by atoms with Gasteiger partial charge in [0.1, 0.15) is 5.75 Å². The maximum absolute atomic E-state index is 12.0. The van der Waals surface area contributed by atoms with Crippen molar-refractivity contribution in [3.63, 3.8) is 0 Å². The summed E-state index contributed by atoms with van der Waals surface area (Å²) in [6, 6.07) is 13.1. The van der Waals surface area contributed by atoms with Crippen molar-refractivity contribution in [2.75, 3.05) is 33.2 Å². The first-order valence-corrected chi connectivity index (χ1v) is 7.52. The first kappa shape index (κ1) is 17.5. The van der Waals surface area contributed by atoms with E-state index in [1.807, 2.05) is 30.3 Å². The molecule has 0 unspecified atom stereocenters. The number of nitrogens with one attached hydrogen (secondary N) is 2. The van der Waals surface area contributed by atoms with Crippen LogP contribution in [0.25, 0.3) is 0 Å². The summed E-state index contributed by atoms with van der Waals surface area (Å²) in [5, 5.41) is 5.92. The zero-order chi connectivity index (χ0) is 17.4. The number of rotatable bonds is 8. The van der Waals surface area contributed by atoms with E-state index in [4.69, 9.17) is 14.2 Å². The van der Waals surface area contributed by atoms with Crippen molar-refractivity contribution in [3.05, 3.63) is 48.0 Å². The van der Waals surface area contributed by atoms with Crippen LogP contribution in [0, 0.1) is 0 Å². The SMILES string of the molecule is COc1cc(OC)c(OC)cc1CNC(=O)CNc1ccccc1. The molecule has 0 radical (unpaired) electrons. The van der Waals surface area contributed by atoms with E-state index in [1.54, 1.807) is 33.5 Å². The Balaban J connectivity index is 1.96. The number of hydrogen-bond donors (Lipinski definition) is 2. The summed E-state index contributed by atoms with van der Waals surface area (Å²) in [7, 11) is 4.70. The molecule has 128 valence electrons. The molecule has 0 saturated heterocycles. The Morgan fingerprint density at radius 2 is 1.54 bits per heavy atom. The molecule has 6 nitrogen and oxygen atoms in total. The molecule has 0 aliphatic heterocycles. The number of hydrogen-bond acceptors (Lipinski definition) is 5. The van der Waals surface area contributed by atoms with Crippen LogP contribution < -0.4 is 24.8 Å².